The van der Waals surface area contributed by atoms with Crippen LogP contribution in [-0.4, -0.2) is 82.1 Å². The van der Waals surface area contributed by atoms with E-state index in [0.717, 1.165) is 5.69 Å². The molecule has 0 bridgehead atoms. The summed E-state index contributed by atoms with van der Waals surface area (Å²) in [5.41, 5.74) is 1.10. The van der Waals surface area contributed by atoms with Crippen LogP contribution in [0.2, 0.25) is 0 Å². The average Bonchev–Trinajstić information content (AvgIpc) is 2.85. The second kappa shape index (κ2) is 9.89. The summed E-state index contributed by atoms with van der Waals surface area (Å²) in [6.45, 7) is 6.03. The number of nitrogens with zero attached hydrogens (tertiary/aromatic N) is 3. The molecule has 0 N–H and O–H groups in total. The predicted molar refractivity (Wildman–Crippen MR) is 121 cm³/mol. The van der Waals surface area contributed by atoms with E-state index in [1.54, 1.807) is 36.1 Å². The molecule has 0 aromatic heterocycles. The highest BCUT2D eigenvalue weighted by Crippen LogP contribution is 2.23. The summed E-state index contributed by atoms with van der Waals surface area (Å²) in [7, 11) is -3.58. The topological polar surface area (TPSA) is 79.4 Å². The first-order chi connectivity index (χ1) is 15.4. The van der Waals surface area contributed by atoms with E-state index < -0.39 is 16.1 Å². The standard InChI is InChI=1S/C23H29N3O5S/c1-19(23(27)25-15-17-30-18-16-25)31-21-7-9-22(10-8-21)32(28,29)26-13-11-24(12-14-26)20-5-3-2-4-6-20/h2-10,19H,11-18H2,1H3/t19-/m1/s1. The van der Waals surface area contributed by atoms with Gasteiger partial charge in [-0.1, -0.05) is 18.2 Å². The van der Waals surface area contributed by atoms with Crippen LogP contribution < -0.4 is 9.64 Å². The molecule has 2 aromatic carbocycles. The number of anilines is 1. The molecule has 0 spiro atoms. The Labute approximate surface area is 189 Å². The Morgan fingerprint density at radius 1 is 0.906 bits per heavy atom. The minimum atomic E-state index is -3.58. The first kappa shape index (κ1) is 22.6. The van der Waals surface area contributed by atoms with Crippen LogP contribution in [-0.2, 0) is 19.6 Å². The Bertz CT molecular complexity index is 1000. The summed E-state index contributed by atoms with van der Waals surface area (Å²) < 4.78 is 38.7. The van der Waals surface area contributed by atoms with Gasteiger partial charge in [0.15, 0.2) is 6.10 Å². The van der Waals surface area contributed by atoms with Gasteiger partial charge in [-0.05, 0) is 43.3 Å². The minimum absolute atomic E-state index is 0.0960. The summed E-state index contributed by atoms with van der Waals surface area (Å²) >= 11 is 0. The van der Waals surface area contributed by atoms with Crippen molar-refractivity contribution in [1.82, 2.24) is 9.21 Å². The highest BCUT2D eigenvalue weighted by atomic mass is 32.2. The first-order valence-corrected chi connectivity index (χ1v) is 12.3. The Balaban J connectivity index is 1.35. The van der Waals surface area contributed by atoms with Crippen molar-refractivity contribution in [3.63, 3.8) is 0 Å². The molecular formula is C23H29N3O5S. The number of rotatable bonds is 6. The zero-order valence-corrected chi connectivity index (χ0v) is 19.0. The molecule has 2 aliphatic rings. The van der Waals surface area contributed by atoms with Gasteiger partial charge in [0, 0.05) is 45.0 Å². The van der Waals surface area contributed by atoms with Gasteiger partial charge in [-0.15, -0.1) is 0 Å². The number of sulfonamides is 1. The van der Waals surface area contributed by atoms with Crippen LogP contribution in [0.25, 0.3) is 0 Å². The summed E-state index contributed by atoms with van der Waals surface area (Å²) in [4.78, 5) is 16.6. The molecule has 2 saturated heterocycles. The molecule has 9 heteroatoms. The smallest absolute Gasteiger partial charge is 0.263 e. The number of carbonyl (C=O) groups is 1. The van der Waals surface area contributed by atoms with E-state index in [4.69, 9.17) is 9.47 Å². The van der Waals surface area contributed by atoms with Crippen LogP contribution in [0.3, 0.4) is 0 Å². The van der Waals surface area contributed by atoms with Gasteiger partial charge in [-0.3, -0.25) is 4.79 Å². The maximum absolute atomic E-state index is 13.1. The molecule has 8 nitrogen and oxygen atoms in total. The number of para-hydroxylation sites is 1. The molecule has 32 heavy (non-hydrogen) atoms. The summed E-state index contributed by atoms with van der Waals surface area (Å²) in [6.07, 6.45) is -0.651. The number of carbonyl (C=O) groups excluding carboxylic acids is 1. The Hall–Kier alpha value is -2.62. The molecule has 0 radical (unpaired) electrons. The zero-order valence-electron chi connectivity index (χ0n) is 18.2. The van der Waals surface area contributed by atoms with Crippen molar-refractivity contribution >= 4 is 21.6 Å². The van der Waals surface area contributed by atoms with Crippen molar-refractivity contribution in [3.8, 4) is 5.75 Å². The Morgan fingerprint density at radius 3 is 2.16 bits per heavy atom. The summed E-state index contributed by atoms with van der Waals surface area (Å²) in [5.74, 6) is 0.369. The SMILES string of the molecule is C[C@@H](Oc1ccc(S(=O)(=O)N2CCN(c3ccccc3)CC2)cc1)C(=O)N1CCOCC1. The highest BCUT2D eigenvalue weighted by Gasteiger charge is 2.29. The molecular weight excluding hydrogens is 430 g/mol. The predicted octanol–water partition coefficient (Wildman–Crippen LogP) is 1.82. The number of amides is 1. The normalized spacial score (nSPS) is 18.9. The molecule has 0 saturated carbocycles. The molecule has 4 rings (SSSR count). The number of hydrogen-bond acceptors (Lipinski definition) is 6. The molecule has 1 atom stereocenters. The van der Waals surface area contributed by atoms with Crippen molar-refractivity contribution in [2.24, 2.45) is 0 Å². The lowest BCUT2D eigenvalue weighted by Crippen LogP contribution is -2.48. The van der Waals surface area contributed by atoms with E-state index >= 15 is 0 Å². The second-order valence-electron chi connectivity index (χ2n) is 7.90. The van der Waals surface area contributed by atoms with Gasteiger partial charge in [0.2, 0.25) is 10.0 Å². The van der Waals surface area contributed by atoms with Crippen LogP contribution >= 0.6 is 0 Å². The van der Waals surface area contributed by atoms with Gasteiger partial charge >= 0.3 is 0 Å². The van der Waals surface area contributed by atoms with E-state index in [-0.39, 0.29) is 10.8 Å². The molecule has 0 unspecified atom stereocenters. The van der Waals surface area contributed by atoms with Crippen molar-refractivity contribution in [1.29, 1.82) is 0 Å². The van der Waals surface area contributed by atoms with E-state index in [1.165, 1.54) is 4.31 Å². The molecule has 2 aliphatic heterocycles. The number of ether oxygens (including phenoxy) is 2. The van der Waals surface area contributed by atoms with Crippen LogP contribution in [0, 0.1) is 0 Å². The highest BCUT2D eigenvalue weighted by molar-refractivity contribution is 7.89. The van der Waals surface area contributed by atoms with Crippen LogP contribution in [0.1, 0.15) is 6.92 Å². The minimum Gasteiger partial charge on any atom is -0.481 e. The van der Waals surface area contributed by atoms with Crippen molar-refractivity contribution in [3.05, 3.63) is 54.6 Å². The van der Waals surface area contributed by atoms with E-state index in [9.17, 15) is 13.2 Å². The summed E-state index contributed by atoms with van der Waals surface area (Å²) in [5, 5.41) is 0. The monoisotopic (exact) mass is 459 g/mol. The average molecular weight is 460 g/mol. The number of morpholine rings is 1. The number of hydrogen-bond donors (Lipinski definition) is 0. The lowest BCUT2D eigenvalue weighted by molar-refractivity contribution is -0.142. The first-order valence-electron chi connectivity index (χ1n) is 10.9. The van der Waals surface area contributed by atoms with E-state index in [1.807, 2.05) is 30.3 Å². The fourth-order valence-electron chi connectivity index (χ4n) is 3.96. The summed E-state index contributed by atoms with van der Waals surface area (Å²) in [6, 6.07) is 16.3. The van der Waals surface area contributed by atoms with Gasteiger partial charge in [0.25, 0.3) is 5.91 Å². The van der Waals surface area contributed by atoms with E-state index in [2.05, 4.69) is 4.90 Å². The number of piperazine rings is 1. The van der Waals surface area contributed by atoms with E-state index in [0.29, 0.717) is 58.2 Å². The van der Waals surface area contributed by atoms with Crippen LogP contribution in [0.5, 0.6) is 5.75 Å². The van der Waals surface area contributed by atoms with Gasteiger partial charge in [0.05, 0.1) is 18.1 Å². The number of benzene rings is 2. The molecule has 172 valence electrons. The fourth-order valence-corrected chi connectivity index (χ4v) is 5.38. The van der Waals surface area contributed by atoms with Gasteiger partial charge < -0.3 is 19.3 Å². The molecule has 1 amide bonds. The lowest BCUT2D eigenvalue weighted by Gasteiger charge is -2.35. The van der Waals surface area contributed by atoms with Crippen molar-refractivity contribution in [2.75, 3.05) is 57.4 Å². The third-order valence-electron chi connectivity index (χ3n) is 5.80. The largest absolute Gasteiger partial charge is 0.481 e. The second-order valence-corrected chi connectivity index (χ2v) is 9.83. The Morgan fingerprint density at radius 2 is 1.53 bits per heavy atom. The fraction of sp³-hybridized carbons (Fsp3) is 0.435. The third kappa shape index (κ3) is 5.06. The van der Waals surface area contributed by atoms with Crippen molar-refractivity contribution < 1.29 is 22.7 Å². The van der Waals surface area contributed by atoms with Crippen LogP contribution in [0.15, 0.2) is 59.5 Å². The molecule has 0 aliphatic carbocycles. The Kier molecular flexibility index (Phi) is 6.98. The van der Waals surface area contributed by atoms with Crippen molar-refractivity contribution in [2.45, 2.75) is 17.9 Å². The molecule has 2 aromatic rings. The zero-order chi connectivity index (χ0) is 22.6. The van der Waals surface area contributed by atoms with Gasteiger partial charge in [0.1, 0.15) is 5.75 Å². The maximum atomic E-state index is 13.1. The molecule has 2 fully saturated rings. The third-order valence-corrected chi connectivity index (χ3v) is 7.72. The van der Waals surface area contributed by atoms with Crippen LogP contribution in [0.4, 0.5) is 5.69 Å². The molecule has 2 heterocycles. The quantitative estimate of drug-likeness (QED) is 0.656. The maximum Gasteiger partial charge on any atom is 0.263 e. The van der Waals surface area contributed by atoms with Gasteiger partial charge in [-0.2, -0.15) is 4.31 Å². The lowest BCUT2D eigenvalue weighted by atomic mass is 10.2. The van der Waals surface area contributed by atoms with Gasteiger partial charge in [-0.25, -0.2) is 8.42 Å².